The van der Waals surface area contributed by atoms with Crippen molar-refractivity contribution < 1.29 is 9.53 Å². The molecule has 2 aliphatic rings. The molecule has 0 aromatic heterocycles. The summed E-state index contributed by atoms with van der Waals surface area (Å²) in [6.45, 7) is 11.8. The van der Waals surface area contributed by atoms with Gasteiger partial charge in [-0.1, -0.05) is 27.7 Å². The van der Waals surface area contributed by atoms with Crippen LogP contribution < -0.4 is 0 Å². The molecule has 2 heteroatoms. The normalized spacial score (nSPS) is 38.7. The second-order valence-corrected chi connectivity index (χ2v) is 6.90. The van der Waals surface area contributed by atoms with Gasteiger partial charge < -0.3 is 4.74 Å². The largest absolute Gasteiger partial charge is 0.466 e. The summed E-state index contributed by atoms with van der Waals surface area (Å²) in [4.78, 5) is 12.1. The zero-order chi connectivity index (χ0) is 13.4. The summed E-state index contributed by atoms with van der Waals surface area (Å²) in [5.41, 5.74) is 0. The van der Waals surface area contributed by atoms with E-state index in [9.17, 15) is 4.79 Å². The molecule has 2 fully saturated rings. The van der Waals surface area contributed by atoms with Crippen LogP contribution in [0.15, 0.2) is 0 Å². The van der Waals surface area contributed by atoms with E-state index in [1.165, 1.54) is 6.42 Å². The first-order chi connectivity index (χ1) is 8.47. The van der Waals surface area contributed by atoms with Crippen LogP contribution in [0.4, 0.5) is 0 Å². The van der Waals surface area contributed by atoms with E-state index >= 15 is 0 Å². The molecule has 2 aliphatic carbocycles. The topological polar surface area (TPSA) is 26.3 Å². The van der Waals surface area contributed by atoms with Crippen molar-refractivity contribution in [2.24, 2.45) is 41.4 Å². The number of carbonyl (C=O) groups is 1. The molecular formula is C16H28O2. The lowest BCUT2D eigenvalue weighted by Crippen LogP contribution is -2.37. The van der Waals surface area contributed by atoms with Gasteiger partial charge in [-0.15, -0.1) is 0 Å². The average molecular weight is 252 g/mol. The quantitative estimate of drug-likeness (QED) is 0.712. The zero-order valence-electron chi connectivity index (χ0n) is 12.5. The maximum absolute atomic E-state index is 12.1. The van der Waals surface area contributed by atoms with Gasteiger partial charge in [0.05, 0.1) is 12.5 Å². The minimum absolute atomic E-state index is 0.0675. The third kappa shape index (κ3) is 2.19. The fraction of sp³-hybridized carbons (Fsp3) is 0.938. The maximum Gasteiger partial charge on any atom is 0.309 e. The summed E-state index contributed by atoms with van der Waals surface area (Å²) in [5, 5.41) is 0. The molecular weight excluding hydrogens is 224 g/mol. The van der Waals surface area contributed by atoms with Crippen LogP contribution in [-0.2, 0) is 9.53 Å². The van der Waals surface area contributed by atoms with Crippen molar-refractivity contribution in [3.8, 4) is 0 Å². The van der Waals surface area contributed by atoms with E-state index in [0.717, 1.165) is 30.1 Å². The Morgan fingerprint density at radius 3 is 2.22 bits per heavy atom. The number of hydrogen-bond donors (Lipinski definition) is 0. The van der Waals surface area contributed by atoms with Crippen molar-refractivity contribution in [3.63, 3.8) is 0 Å². The van der Waals surface area contributed by atoms with Crippen molar-refractivity contribution >= 4 is 5.97 Å². The minimum atomic E-state index is 0.0675. The van der Waals surface area contributed by atoms with E-state index in [0.29, 0.717) is 18.4 Å². The van der Waals surface area contributed by atoms with Crippen LogP contribution in [0.5, 0.6) is 0 Å². The Balaban J connectivity index is 2.14. The van der Waals surface area contributed by atoms with Crippen LogP contribution in [0.1, 0.15) is 47.5 Å². The second-order valence-electron chi connectivity index (χ2n) is 6.90. The van der Waals surface area contributed by atoms with Crippen LogP contribution in [0.25, 0.3) is 0 Å². The summed E-state index contributed by atoms with van der Waals surface area (Å²) in [6, 6.07) is 0. The van der Waals surface area contributed by atoms with Gasteiger partial charge in [-0.2, -0.15) is 0 Å². The molecule has 0 spiro atoms. The summed E-state index contributed by atoms with van der Waals surface area (Å²) < 4.78 is 5.26. The molecule has 0 radical (unpaired) electrons. The molecule has 0 heterocycles. The van der Waals surface area contributed by atoms with Crippen molar-refractivity contribution in [1.29, 1.82) is 0 Å². The first-order valence-electron chi connectivity index (χ1n) is 7.64. The van der Waals surface area contributed by atoms with Crippen LogP contribution in [-0.4, -0.2) is 12.6 Å². The second kappa shape index (κ2) is 5.22. The molecule has 104 valence electrons. The van der Waals surface area contributed by atoms with E-state index in [-0.39, 0.29) is 11.9 Å². The number of carbonyl (C=O) groups excluding carboxylic acids is 1. The Kier molecular flexibility index (Phi) is 4.03. The Morgan fingerprint density at radius 1 is 1.11 bits per heavy atom. The van der Waals surface area contributed by atoms with Gasteiger partial charge in [-0.05, 0) is 55.3 Å². The van der Waals surface area contributed by atoms with E-state index in [2.05, 4.69) is 27.7 Å². The van der Waals surface area contributed by atoms with Gasteiger partial charge >= 0.3 is 5.97 Å². The van der Waals surface area contributed by atoms with E-state index in [1.807, 2.05) is 6.92 Å². The van der Waals surface area contributed by atoms with Gasteiger partial charge in [-0.25, -0.2) is 0 Å². The van der Waals surface area contributed by atoms with E-state index < -0.39 is 0 Å². The Hall–Kier alpha value is -0.530. The molecule has 2 bridgehead atoms. The molecule has 18 heavy (non-hydrogen) atoms. The number of esters is 1. The standard InChI is InChI=1S/C16H28O2/c1-6-18-16(17)13-8-11-7-12(13)15(10(4)5)14(11)9(2)3/h9-15H,6-8H2,1-5H3. The fourth-order valence-corrected chi connectivity index (χ4v) is 4.90. The zero-order valence-corrected chi connectivity index (χ0v) is 12.5. The summed E-state index contributed by atoms with van der Waals surface area (Å²) >= 11 is 0. The highest BCUT2D eigenvalue weighted by atomic mass is 16.5. The van der Waals surface area contributed by atoms with Crippen molar-refractivity contribution in [2.75, 3.05) is 6.61 Å². The molecule has 0 saturated heterocycles. The van der Waals surface area contributed by atoms with Crippen molar-refractivity contribution in [3.05, 3.63) is 0 Å². The predicted molar refractivity (Wildman–Crippen MR) is 73.0 cm³/mol. The molecule has 5 unspecified atom stereocenters. The van der Waals surface area contributed by atoms with Gasteiger partial charge in [0.15, 0.2) is 0 Å². The van der Waals surface area contributed by atoms with Crippen LogP contribution >= 0.6 is 0 Å². The summed E-state index contributed by atoms with van der Waals surface area (Å²) in [5.74, 6) is 4.58. The van der Waals surface area contributed by atoms with Gasteiger partial charge in [0.25, 0.3) is 0 Å². The first-order valence-corrected chi connectivity index (χ1v) is 7.64. The van der Waals surface area contributed by atoms with Gasteiger partial charge in [-0.3, -0.25) is 4.79 Å². The highest BCUT2D eigenvalue weighted by Crippen LogP contribution is 2.59. The molecule has 2 rings (SSSR count). The SMILES string of the molecule is CCOC(=O)C1CC2CC1C(C(C)C)C2C(C)C. The smallest absolute Gasteiger partial charge is 0.309 e. The molecule has 2 saturated carbocycles. The lowest BCUT2D eigenvalue weighted by Gasteiger charge is -2.39. The van der Waals surface area contributed by atoms with E-state index in [4.69, 9.17) is 4.74 Å². The molecule has 0 aromatic rings. The molecule has 0 amide bonds. The summed E-state index contributed by atoms with van der Waals surface area (Å²) in [6.07, 6.45) is 2.34. The monoisotopic (exact) mass is 252 g/mol. The third-order valence-electron chi connectivity index (χ3n) is 5.26. The highest BCUT2D eigenvalue weighted by molar-refractivity contribution is 5.73. The average Bonchev–Trinajstić information content (AvgIpc) is 2.85. The fourth-order valence-electron chi connectivity index (χ4n) is 4.90. The van der Waals surface area contributed by atoms with Crippen molar-refractivity contribution in [2.45, 2.75) is 47.5 Å². The van der Waals surface area contributed by atoms with Crippen molar-refractivity contribution in [1.82, 2.24) is 0 Å². The third-order valence-corrected chi connectivity index (χ3v) is 5.26. The number of hydrogen-bond acceptors (Lipinski definition) is 2. The highest BCUT2D eigenvalue weighted by Gasteiger charge is 2.56. The number of fused-ring (bicyclic) bond motifs is 2. The van der Waals surface area contributed by atoms with Crippen LogP contribution in [0.3, 0.4) is 0 Å². The van der Waals surface area contributed by atoms with Gasteiger partial charge in [0, 0.05) is 0 Å². The number of rotatable bonds is 4. The molecule has 0 aliphatic heterocycles. The maximum atomic E-state index is 12.1. The van der Waals surface area contributed by atoms with Gasteiger partial charge in [0.2, 0.25) is 0 Å². The van der Waals surface area contributed by atoms with Gasteiger partial charge in [0.1, 0.15) is 0 Å². The molecule has 5 atom stereocenters. The minimum Gasteiger partial charge on any atom is -0.466 e. The first kappa shape index (κ1) is 13.9. The lowest BCUT2D eigenvalue weighted by molar-refractivity contribution is -0.151. The Bertz CT molecular complexity index is 308. The van der Waals surface area contributed by atoms with E-state index in [1.54, 1.807) is 0 Å². The Morgan fingerprint density at radius 2 is 1.72 bits per heavy atom. The summed E-state index contributed by atoms with van der Waals surface area (Å²) in [7, 11) is 0. The molecule has 0 N–H and O–H groups in total. The lowest BCUT2D eigenvalue weighted by atomic mass is 9.66. The van der Waals surface area contributed by atoms with Crippen LogP contribution in [0.2, 0.25) is 0 Å². The van der Waals surface area contributed by atoms with Crippen LogP contribution in [0, 0.1) is 41.4 Å². The number of ether oxygens (including phenoxy) is 1. The predicted octanol–water partition coefficient (Wildman–Crippen LogP) is 3.75. The molecule has 0 aromatic carbocycles. The Labute approximate surface area is 111 Å². The molecule has 2 nitrogen and oxygen atoms in total.